The Morgan fingerprint density at radius 2 is 2.14 bits per heavy atom. The zero-order valence-electron chi connectivity index (χ0n) is 11.9. The summed E-state index contributed by atoms with van der Waals surface area (Å²) in [6.45, 7) is 1.51. The Labute approximate surface area is 129 Å². The predicted octanol–water partition coefficient (Wildman–Crippen LogP) is 2.03. The van der Waals surface area contributed by atoms with Gasteiger partial charge in [0.2, 0.25) is 0 Å². The van der Waals surface area contributed by atoms with Crippen LogP contribution in [0.3, 0.4) is 0 Å². The quantitative estimate of drug-likeness (QED) is 0.828. The maximum atomic E-state index is 12.4. The van der Waals surface area contributed by atoms with Gasteiger partial charge in [-0.25, -0.2) is 8.42 Å². The van der Waals surface area contributed by atoms with Gasteiger partial charge >= 0.3 is 0 Å². The molecule has 0 bridgehead atoms. The number of nitrogens with zero attached hydrogens (tertiary/aromatic N) is 1. The largest absolute Gasteiger partial charge is 0.382 e. The maximum Gasteiger partial charge on any atom is 0.187 e. The Morgan fingerprint density at radius 1 is 1.33 bits per heavy atom. The number of rotatable bonds is 6. The molecule has 1 aliphatic heterocycles. The van der Waals surface area contributed by atoms with Gasteiger partial charge in [-0.15, -0.1) is 0 Å². The first-order valence-electron chi connectivity index (χ1n) is 7.43. The van der Waals surface area contributed by atoms with E-state index in [2.05, 4.69) is 9.69 Å². The molecule has 1 atom stereocenters. The maximum absolute atomic E-state index is 12.4. The van der Waals surface area contributed by atoms with Crippen LogP contribution in [0.2, 0.25) is 0 Å². The molecular weight excluding hydrogens is 310 g/mol. The molecule has 3 rings (SSSR count). The van der Waals surface area contributed by atoms with Crippen LogP contribution in [-0.2, 0) is 14.6 Å². The molecule has 3 N–H and O–H groups in total. The summed E-state index contributed by atoms with van der Waals surface area (Å²) in [5, 5.41) is 3.50. The third-order valence-electron chi connectivity index (χ3n) is 3.95. The predicted molar refractivity (Wildman–Crippen MR) is 83.4 cm³/mol. The highest BCUT2D eigenvalue weighted by atomic mass is 32.2. The van der Waals surface area contributed by atoms with Gasteiger partial charge in [0.25, 0.3) is 0 Å². The summed E-state index contributed by atoms with van der Waals surface area (Å²) in [7, 11) is -3.31. The molecule has 1 saturated heterocycles. The molecule has 0 amide bonds. The van der Waals surface area contributed by atoms with Gasteiger partial charge in [-0.05, 0) is 50.1 Å². The average Bonchev–Trinajstić information content (AvgIpc) is 3.25. The van der Waals surface area contributed by atoms with Crippen molar-refractivity contribution in [3.8, 4) is 0 Å². The lowest BCUT2D eigenvalue weighted by Gasteiger charge is -2.22. The number of nitrogens with one attached hydrogen (secondary N) is 1. The highest BCUT2D eigenvalue weighted by Gasteiger charge is 2.40. The van der Waals surface area contributed by atoms with Crippen LogP contribution in [0, 0.1) is 0 Å². The number of sulfone groups is 1. The molecule has 0 spiro atoms. The summed E-state index contributed by atoms with van der Waals surface area (Å²) in [6.07, 6.45) is 6.04. The first kappa shape index (κ1) is 15.1. The highest BCUT2D eigenvalue weighted by Crippen LogP contribution is 2.40. The lowest BCUT2D eigenvalue weighted by molar-refractivity contribution is 0.0134. The third kappa shape index (κ3) is 3.32. The van der Waals surface area contributed by atoms with E-state index < -0.39 is 9.84 Å². The van der Waals surface area contributed by atoms with E-state index >= 15 is 0 Å². The second kappa shape index (κ2) is 6.10. The van der Waals surface area contributed by atoms with Crippen molar-refractivity contribution in [2.45, 2.75) is 54.8 Å². The molecule has 2 aliphatic rings. The van der Waals surface area contributed by atoms with E-state index in [-0.39, 0.29) is 22.1 Å². The van der Waals surface area contributed by atoms with Crippen molar-refractivity contribution >= 4 is 32.2 Å². The van der Waals surface area contributed by atoms with Crippen molar-refractivity contribution in [3.05, 3.63) is 0 Å². The van der Waals surface area contributed by atoms with E-state index in [0.29, 0.717) is 11.5 Å². The van der Waals surface area contributed by atoms with Gasteiger partial charge in [0.1, 0.15) is 9.90 Å². The number of nitrogen functional groups attached to an aromatic ring is 1. The molecule has 1 saturated carbocycles. The van der Waals surface area contributed by atoms with E-state index in [9.17, 15) is 8.42 Å². The number of hydrogen-bond donors (Lipinski definition) is 2. The second-order valence-electron chi connectivity index (χ2n) is 5.67. The summed E-state index contributed by atoms with van der Waals surface area (Å²) in [4.78, 5) is 0.208. The van der Waals surface area contributed by atoms with Crippen LogP contribution in [0.15, 0.2) is 4.90 Å². The van der Waals surface area contributed by atoms with Crippen molar-refractivity contribution in [2.24, 2.45) is 0 Å². The Hall–Kier alpha value is -0.860. The lowest BCUT2D eigenvalue weighted by atomic mass is 10.1. The van der Waals surface area contributed by atoms with Crippen LogP contribution >= 0.6 is 11.5 Å². The van der Waals surface area contributed by atoms with Crippen LogP contribution in [0.25, 0.3) is 0 Å². The van der Waals surface area contributed by atoms with Crippen molar-refractivity contribution in [2.75, 3.05) is 24.2 Å². The van der Waals surface area contributed by atoms with Gasteiger partial charge in [0, 0.05) is 13.2 Å². The van der Waals surface area contributed by atoms with Gasteiger partial charge in [0.05, 0.1) is 11.4 Å². The van der Waals surface area contributed by atoms with Crippen molar-refractivity contribution in [1.82, 2.24) is 4.37 Å². The Morgan fingerprint density at radius 3 is 2.81 bits per heavy atom. The molecule has 1 unspecified atom stereocenters. The average molecular weight is 331 g/mol. The lowest BCUT2D eigenvalue weighted by Crippen LogP contribution is -2.22. The molecule has 1 aromatic heterocycles. The number of aromatic nitrogens is 1. The first-order chi connectivity index (χ1) is 10.1. The topological polar surface area (TPSA) is 94.3 Å². The van der Waals surface area contributed by atoms with E-state index in [1.54, 1.807) is 0 Å². The molecule has 6 nitrogen and oxygen atoms in total. The van der Waals surface area contributed by atoms with Crippen LogP contribution in [0.1, 0.15) is 38.5 Å². The van der Waals surface area contributed by atoms with Gasteiger partial charge in [-0.2, -0.15) is 4.37 Å². The highest BCUT2D eigenvalue weighted by molar-refractivity contribution is 7.92. The standard InChI is InChI=1S/C13H21N3O3S2/c14-12-11(21(17,18)10-4-5-10)13(20-16-12)15-7-6-9-3-1-2-8-19-9/h9-10,15H,1-8H2,(H2,14,16). The number of anilines is 2. The number of ether oxygens (including phenoxy) is 1. The summed E-state index contributed by atoms with van der Waals surface area (Å²) in [5.41, 5.74) is 5.76. The number of nitrogens with two attached hydrogens (primary N) is 1. The van der Waals surface area contributed by atoms with E-state index in [4.69, 9.17) is 10.5 Å². The monoisotopic (exact) mass is 331 g/mol. The van der Waals surface area contributed by atoms with Crippen LogP contribution in [0.4, 0.5) is 10.8 Å². The van der Waals surface area contributed by atoms with E-state index in [0.717, 1.165) is 50.2 Å². The third-order valence-corrected chi connectivity index (χ3v) is 7.23. The molecule has 118 valence electrons. The zero-order valence-corrected chi connectivity index (χ0v) is 13.5. The van der Waals surface area contributed by atoms with E-state index in [1.165, 1.54) is 6.42 Å². The van der Waals surface area contributed by atoms with Crippen molar-refractivity contribution in [3.63, 3.8) is 0 Å². The first-order valence-corrected chi connectivity index (χ1v) is 9.75. The minimum absolute atomic E-state index is 0.128. The van der Waals surface area contributed by atoms with E-state index in [1.807, 2.05) is 0 Å². The molecule has 2 fully saturated rings. The molecule has 2 heterocycles. The minimum atomic E-state index is -3.31. The molecule has 21 heavy (non-hydrogen) atoms. The minimum Gasteiger partial charge on any atom is -0.382 e. The molecule has 0 aromatic carbocycles. The number of hydrogen-bond acceptors (Lipinski definition) is 7. The molecule has 0 radical (unpaired) electrons. The van der Waals surface area contributed by atoms with Gasteiger partial charge in [-0.1, -0.05) is 0 Å². The summed E-state index contributed by atoms with van der Waals surface area (Å²) >= 11 is 1.13. The Balaban J connectivity index is 1.63. The molecule has 8 heteroatoms. The van der Waals surface area contributed by atoms with Crippen molar-refractivity contribution in [1.29, 1.82) is 0 Å². The zero-order chi connectivity index (χ0) is 14.9. The summed E-state index contributed by atoms with van der Waals surface area (Å²) in [5.74, 6) is 0.128. The van der Waals surface area contributed by atoms with Crippen molar-refractivity contribution < 1.29 is 13.2 Å². The normalized spacial score (nSPS) is 23.1. The summed E-state index contributed by atoms with van der Waals surface area (Å²) < 4.78 is 34.4. The van der Waals surface area contributed by atoms with Crippen LogP contribution in [0.5, 0.6) is 0 Å². The van der Waals surface area contributed by atoms with Gasteiger partial charge < -0.3 is 15.8 Å². The second-order valence-corrected chi connectivity index (χ2v) is 8.61. The van der Waals surface area contributed by atoms with Crippen LogP contribution in [-0.4, -0.2) is 37.3 Å². The molecular formula is C13H21N3O3S2. The molecule has 1 aromatic rings. The SMILES string of the molecule is Nc1nsc(NCCC2CCCCO2)c1S(=O)(=O)C1CC1. The smallest absolute Gasteiger partial charge is 0.187 e. The van der Waals surface area contributed by atoms with Gasteiger partial charge in [-0.3, -0.25) is 0 Å². The fourth-order valence-corrected chi connectivity index (χ4v) is 5.52. The fraction of sp³-hybridized carbons (Fsp3) is 0.769. The van der Waals surface area contributed by atoms with Gasteiger partial charge in [0.15, 0.2) is 15.7 Å². The fourth-order valence-electron chi connectivity index (χ4n) is 2.61. The van der Waals surface area contributed by atoms with Crippen LogP contribution < -0.4 is 11.1 Å². The summed E-state index contributed by atoms with van der Waals surface area (Å²) in [6, 6.07) is 0. The Bertz CT molecular complexity index is 590. The Kier molecular flexibility index (Phi) is 4.37. The molecule has 1 aliphatic carbocycles.